The first kappa shape index (κ1) is 18.3. The van der Waals surface area contributed by atoms with Gasteiger partial charge < -0.3 is 18.9 Å². The van der Waals surface area contributed by atoms with Crippen molar-refractivity contribution in [3.63, 3.8) is 0 Å². The molecular weight excluding hydrogens is 376 g/mol. The largest absolute Gasteiger partial charge is 0.370 e. The van der Waals surface area contributed by atoms with Crippen LogP contribution in [0, 0.1) is 47.3 Å². The summed E-state index contributed by atoms with van der Waals surface area (Å²) in [6.45, 7) is 1.41. The van der Waals surface area contributed by atoms with E-state index in [1.165, 1.54) is 64.2 Å². The number of hydrogen-bond donors (Lipinski definition) is 0. The van der Waals surface area contributed by atoms with Gasteiger partial charge in [0.15, 0.2) is 0 Å². The van der Waals surface area contributed by atoms with Gasteiger partial charge in [-0.1, -0.05) is 12.8 Å². The Hall–Kier alpha value is -0.160. The average Bonchev–Trinajstić information content (AvgIpc) is 3.53. The van der Waals surface area contributed by atoms with Crippen molar-refractivity contribution in [1.29, 1.82) is 0 Å². The van der Waals surface area contributed by atoms with Gasteiger partial charge in [0.2, 0.25) is 0 Å². The zero-order valence-electron chi connectivity index (χ0n) is 18.2. The molecule has 8 rings (SSSR count). The summed E-state index contributed by atoms with van der Waals surface area (Å²) in [5.74, 6) is 7.53. The molecule has 166 valence electrons. The van der Waals surface area contributed by atoms with Crippen LogP contribution in [0.15, 0.2) is 0 Å². The molecular formula is C26H38O4. The molecule has 0 aromatic carbocycles. The molecule has 6 aliphatic carbocycles. The van der Waals surface area contributed by atoms with Crippen molar-refractivity contribution in [1.82, 2.24) is 0 Å². The monoisotopic (exact) mass is 414 g/mol. The van der Waals surface area contributed by atoms with Gasteiger partial charge >= 0.3 is 0 Å². The molecule has 8 fully saturated rings. The lowest BCUT2D eigenvalue weighted by Crippen LogP contribution is -2.41. The molecule has 14 atom stereocenters. The number of hydrogen-bond acceptors (Lipinski definition) is 4. The Labute approximate surface area is 180 Å². The van der Waals surface area contributed by atoms with Crippen LogP contribution in [0.3, 0.4) is 0 Å². The maximum atomic E-state index is 6.75. The third-order valence-corrected chi connectivity index (χ3v) is 11.4. The first-order valence-corrected chi connectivity index (χ1v) is 13.4. The van der Waals surface area contributed by atoms with E-state index in [1.807, 2.05) is 0 Å². The van der Waals surface area contributed by atoms with E-state index in [0.717, 1.165) is 47.3 Å². The lowest BCUT2D eigenvalue weighted by Gasteiger charge is -2.34. The summed E-state index contributed by atoms with van der Waals surface area (Å²) in [7, 11) is 0. The van der Waals surface area contributed by atoms with Crippen LogP contribution in [-0.4, -0.2) is 49.8 Å². The maximum absolute atomic E-state index is 6.75. The highest BCUT2D eigenvalue weighted by Crippen LogP contribution is 2.61. The molecule has 0 radical (unpaired) electrons. The summed E-state index contributed by atoms with van der Waals surface area (Å²) >= 11 is 0. The fraction of sp³-hybridized carbons (Fsp3) is 1.00. The normalized spacial score (nSPS) is 62.4. The van der Waals surface area contributed by atoms with Crippen LogP contribution in [0.1, 0.15) is 64.2 Å². The molecule has 0 aromatic rings. The first-order chi connectivity index (χ1) is 14.8. The zero-order chi connectivity index (χ0) is 19.4. The van der Waals surface area contributed by atoms with Crippen molar-refractivity contribution in [3.05, 3.63) is 0 Å². The van der Waals surface area contributed by atoms with Crippen molar-refractivity contribution < 1.29 is 18.9 Å². The van der Waals surface area contributed by atoms with Gasteiger partial charge in [-0.3, -0.25) is 0 Å². The van der Waals surface area contributed by atoms with E-state index in [0.29, 0.717) is 25.4 Å². The molecule has 0 aromatic heterocycles. The standard InChI is InChI=1S/C26H38O4/c1-3-15-13-7-19(17(15)5-1)21(9-13)29-23-11-27-26-24(12-28-25(23)26)30-22-10-14-8-20(22)18-6-2-4-16(14)18/h13-26H,1-12H2. The molecule has 30 heavy (non-hydrogen) atoms. The summed E-state index contributed by atoms with van der Waals surface area (Å²) in [6, 6.07) is 0. The van der Waals surface area contributed by atoms with Gasteiger partial charge in [-0.05, 0) is 98.7 Å². The minimum absolute atomic E-state index is 0.103. The fourth-order valence-corrected chi connectivity index (χ4v) is 10.4. The van der Waals surface area contributed by atoms with Gasteiger partial charge in [0, 0.05) is 0 Å². The Bertz CT molecular complexity index is 639. The van der Waals surface area contributed by atoms with E-state index >= 15 is 0 Å². The summed E-state index contributed by atoms with van der Waals surface area (Å²) in [5, 5.41) is 0. The predicted molar refractivity (Wildman–Crippen MR) is 111 cm³/mol. The van der Waals surface area contributed by atoms with Gasteiger partial charge in [-0.2, -0.15) is 0 Å². The number of fused-ring (bicyclic) bond motifs is 11. The van der Waals surface area contributed by atoms with Crippen molar-refractivity contribution in [3.8, 4) is 0 Å². The summed E-state index contributed by atoms with van der Waals surface area (Å²) in [4.78, 5) is 0. The summed E-state index contributed by atoms with van der Waals surface area (Å²) in [6.07, 6.45) is 15.7. The summed E-state index contributed by atoms with van der Waals surface area (Å²) < 4.78 is 26.1. The Morgan fingerprint density at radius 2 is 0.933 bits per heavy atom. The molecule has 8 aliphatic rings. The molecule has 2 heterocycles. The predicted octanol–water partition coefficient (Wildman–Crippen LogP) is 4.20. The van der Waals surface area contributed by atoms with Crippen LogP contribution in [0.2, 0.25) is 0 Å². The molecule has 4 heteroatoms. The third kappa shape index (κ3) is 2.48. The van der Waals surface area contributed by atoms with E-state index in [9.17, 15) is 0 Å². The molecule has 0 spiro atoms. The van der Waals surface area contributed by atoms with Crippen LogP contribution < -0.4 is 0 Å². The van der Waals surface area contributed by atoms with Crippen LogP contribution >= 0.6 is 0 Å². The molecule has 0 N–H and O–H groups in total. The molecule has 6 saturated carbocycles. The number of ether oxygens (including phenoxy) is 4. The van der Waals surface area contributed by atoms with Gasteiger partial charge in [0.1, 0.15) is 24.4 Å². The highest BCUT2D eigenvalue weighted by Gasteiger charge is 2.58. The fourth-order valence-electron chi connectivity index (χ4n) is 10.4. The van der Waals surface area contributed by atoms with Crippen molar-refractivity contribution in [2.75, 3.05) is 13.2 Å². The van der Waals surface area contributed by atoms with Crippen molar-refractivity contribution in [2.45, 2.75) is 101 Å². The summed E-state index contributed by atoms with van der Waals surface area (Å²) in [5.41, 5.74) is 0. The highest BCUT2D eigenvalue weighted by atomic mass is 16.6. The molecule has 2 saturated heterocycles. The van der Waals surface area contributed by atoms with Crippen LogP contribution in [0.25, 0.3) is 0 Å². The van der Waals surface area contributed by atoms with E-state index in [4.69, 9.17) is 18.9 Å². The van der Waals surface area contributed by atoms with Gasteiger partial charge in [0.05, 0.1) is 25.4 Å². The minimum Gasteiger partial charge on any atom is -0.370 e. The lowest BCUT2D eigenvalue weighted by molar-refractivity contribution is -0.111. The second kappa shape index (κ2) is 6.68. The van der Waals surface area contributed by atoms with Crippen molar-refractivity contribution in [2.24, 2.45) is 47.3 Å². The smallest absolute Gasteiger partial charge is 0.115 e. The van der Waals surface area contributed by atoms with Gasteiger partial charge in [0.25, 0.3) is 0 Å². The third-order valence-electron chi connectivity index (χ3n) is 11.4. The SMILES string of the molecule is C1CC2C3CC(OC4COC5C(OC6CC7CC6C6CCCC76)COC45)C(C3)C2C1. The van der Waals surface area contributed by atoms with Gasteiger partial charge in [-0.25, -0.2) is 0 Å². The average molecular weight is 415 g/mol. The molecule has 4 nitrogen and oxygen atoms in total. The zero-order valence-corrected chi connectivity index (χ0v) is 18.2. The Kier molecular flexibility index (Phi) is 4.07. The van der Waals surface area contributed by atoms with Crippen molar-refractivity contribution >= 4 is 0 Å². The minimum atomic E-state index is 0.103. The van der Waals surface area contributed by atoms with Gasteiger partial charge in [-0.15, -0.1) is 0 Å². The number of rotatable bonds is 4. The second-order valence-corrected chi connectivity index (χ2v) is 12.3. The van der Waals surface area contributed by atoms with E-state index < -0.39 is 0 Å². The Morgan fingerprint density at radius 3 is 1.43 bits per heavy atom. The van der Waals surface area contributed by atoms with E-state index in [-0.39, 0.29) is 24.4 Å². The quantitative estimate of drug-likeness (QED) is 0.691. The first-order valence-electron chi connectivity index (χ1n) is 13.4. The Morgan fingerprint density at radius 1 is 0.467 bits per heavy atom. The van der Waals surface area contributed by atoms with Crippen LogP contribution in [-0.2, 0) is 18.9 Å². The topological polar surface area (TPSA) is 36.9 Å². The molecule has 4 bridgehead atoms. The highest BCUT2D eigenvalue weighted by molar-refractivity contribution is 5.07. The van der Waals surface area contributed by atoms with Crippen LogP contribution in [0.4, 0.5) is 0 Å². The lowest BCUT2D eigenvalue weighted by atomic mass is 9.80. The maximum Gasteiger partial charge on any atom is 0.115 e. The second-order valence-electron chi connectivity index (χ2n) is 12.3. The molecule has 2 aliphatic heterocycles. The van der Waals surface area contributed by atoms with E-state index in [1.54, 1.807) is 0 Å². The molecule has 0 amide bonds. The van der Waals surface area contributed by atoms with Crippen LogP contribution in [0.5, 0.6) is 0 Å². The van der Waals surface area contributed by atoms with E-state index in [2.05, 4.69) is 0 Å². The Balaban J connectivity index is 0.909. The molecule has 14 unspecified atom stereocenters.